The highest BCUT2D eigenvalue weighted by Crippen LogP contribution is 2.29. The number of likely N-dealkylation sites (N-methyl/N-ethyl adjacent to an activating group) is 1. The number of hydrogen-bond donors (Lipinski definition) is 1. The summed E-state index contributed by atoms with van der Waals surface area (Å²) in [6, 6.07) is 8.55. The summed E-state index contributed by atoms with van der Waals surface area (Å²) >= 11 is 5.14. The number of halogens is 3. The first kappa shape index (κ1) is 23.8. The van der Waals surface area contributed by atoms with Crippen LogP contribution in [0.25, 0.3) is 0 Å². The summed E-state index contributed by atoms with van der Waals surface area (Å²) in [6.45, 7) is 7.95. The van der Waals surface area contributed by atoms with Crippen molar-refractivity contribution in [3.8, 4) is 5.75 Å². The second-order valence-corrected chi connectivity index (χ2v) is 7.48. The average Bonchev–Trinajstić information content (AvgIpc) is 2.68. The molecule has 2 rings (SSSR count). The molecule has 0 atom stereocenters. The van der Waals surface area contributed by atoms with Gasteiger partial charge in [0, 0.05) is 12.1 Å². The molecule has 0 fully saturated rings. The zero-order valence-electron chi connectivity index (χ0n) is 17.5. The fourth-order valence-electron chi connectivity index (χ4n) is 2.83. The zero-order valence-corrected chi connectivity index (χ0v) is 18.3. The van der Waals surface area contributed by atoms with Crippen LogP contribution in [0, 0.1) is 13.8 Å². The minimum atomic E-state index is -4.46. The summed E-state index contributed by atoms with van der Waals surface area (Å²) in [4.78, 5) is 6.19. The molecule has 0 aliphatic carbocycles. The Morgan fingerprint density at radius 2 is 1.87 bits per heavy atom. The number of hydrogen-bond acceptors (Lipinski definition) is 3. The minimum Gasteiger partial charge on any atom is -0.430 e. The second-order valence-electron chi connectivity index (χ2n) is 7.13. The quantitative estimate of drug-likeness (QED) is 0.397. The van der Waals surface area contributed by atoms with E-state index in [1.807, 2.05) is 19.9 Å². The van der Waals surface area contributed by atoms with Gasteiger partial charge in [0.15, 0.2) is 0 Å². The molecule has 0 radical (unpaired) electrons. The minimum absolute atomic E-state index is 0.124. The van der Waals surface area contributed by atoms with Crippen molar-refractivity contribution in [1.82, 2.24) is 4.90 Å². The number of amidine groups is 1. The van der Waals surface area contributed by atoms with Gasteiger partial charge in [-0.3, -0.25) is 0 Å². The van der Waals surface area contributed by atoms with Crippen LogP contribution in [-0.4, -0.2) is 36.0 Å². The van der Waals surface area contributed by atoms with Gasteiger partial charge in [0.05, 0.1) is 5.56 Å². The SMILES string of the molecule is CCN(C)CCc1cc(C)c(OC(=S)N=C(N)c2cccc(C(F)(F)F)c2)cc1C. The van der Waals surface area contributed by atoms with Crippen molar-refractivity contribution < 1.29 is 17.9 Å². The van der Waals surface area contributed by atoms with E-state index in [0.29, 0.717) is 5.75 Å². The molecule has 0 unspecified atom stereocenters. The Morgan fingerprint density at radius 3 is 2.50 bits per heavy atom. The number of benzene rings is 2. The number of nitrogens with two attached hydrogens (primary N) is 1. The van der Waals surface area contributed by atoms with Crippen molar-refractivity contribution in [3.05, 3.63) is 64.2 Å². The van der Waals surface area contributed by atoms with E-state index in [2.05, 4.69) is 29.9 Å². The summed E-state index contributed by atoms with van der Waals surface area (Å²) in [6.07, 6.45) is -3.54. The summed E-state index contributed by atoms with van der Waals surface area (Å²) in [5.74, 6) is 0.408. The van der Waals surface area contributed by atoms with Crippen molar-refractivity contribution in [1.29, 1.82) is 0 Å². The van der Waals surface area contributed by atoms with E-state index in [0.717, 1.165) is 42.8 Å². The second kappa shape index (κ2) is 10.0. The highest BCUT2D eigenvalue weighted by molar-refractivity contribution is 7.80. The monoisotopic (exact) mass is 437 g/mol. The molecule has 162 valence electrons. The third-order valence-electron chi connectivity index (χ3n) is 4.83. The average molecular weight is 438 g/mol. The van der Waals surface area contributed by atoms with Gasteiger partial charge in [0.2, 0.25) is 0 Å². The molecule has 0 aliphatic rings. The van der Waals surface area contributed by atoms with E-state index in [9.17, 15) is 13.2 Å². The molecule has 0 bridgehead atoms. The fraction of sp³-hybridized carbons (Fsp3) is 0.364. The Labute approximate surface area is 180 Å². The molecule has 2 N–H and O–H groups in total. The van der Waals surface area contributed by atoms with Gasteiger partial charge in [-0.05, 0) is 81.0 Å². The molecule has 0 spiro atoms. The first-order chi connectivity index (χ1) is 14.0. The van der Waals surface area contributed by atoms with E-state index in [1.54, 1.807) is 0 Å². The predicted octanol–water partition coefficient (Wildman–Crippen LogP) is 4.89. The highest BCUT2D eigenvalue weighted by Gasteiger charge is 2.30. The maximum atomic E-state index is 12.9. The lowest BCUT2D eigenvalue weighted by molar-refractivity contribution is -0.137. The van der Waals surface area contributed by atoms with Crippen LogP contribution in [-0.2, 0) is 12.6 Å². The first-order valence-corrected chi connectivity index (χ1v) is 9.94. The molecule has 0 aliphatic heterocycles. The number of nitrogens with zero attached hydrogens (tertiary/aromatic N) is 2. The normalized spacial score (nSPS) is 12.3. The van der Waals surface area contributed by atoms with Crippen LogP contribution in [0.3, 0.4) is 0 Å². The van der Waals surface area contributed by atoms with Gasteiger partial charge in [0.25, 0.3) is 5.17 Å². The lowest BCUT2D eigenvalue weighted by Crippen LogP contribution is -2.20. The topological polar surface area (TPSA) is 50.8 Å². The third kappa shape index (κ3) is 6.53. The van der Waals surface area contributed by atoms with E-state index < -0.39 is 11.7 Å². The summed E-state index contributed by atoms with van der Waals surface area (Å²) in [5, 5.41) is -0.161. The molecule has 2 aromatic carbocycles. The molecular formula is C22H26F3N3OS. The number of ether oxygens (including phenoxy) is 1. The Balaban J connectivity index is 2.15. The predicted molar refractivity (Wildman–Crippen MR) is 118 cm³/mol. The molecule has 0 aromatic heterocycles. The lowest BCUT2D eigenvalue weighted by Gasteiger charge is -2.16. The highest BCUT2D eigenvalue weighted by atomic mass is 32.1. The van der Waals surface area contributed by atoms with Crippen LogP contribution in [0.15, 0.2) is 41.4 Å². The number of rotatable bonds is 6. The molecule has 0 heterocycles. The van der Waals surface area contributed by atoms with Crippen LogP contribution in [0.2, 0.25) is 0 Å². The number of alkyl halides is 3. The largest absolute Gasteiger partial charge is 0.430 e. The van der Waals surface area contributed by atoms with Crippen molar-refractivity contribution in [2.24, 2.45) is 10.7 Å². The maximum absolute atomic E-state index is 12.9. The van der Waals surface area contributed by atoms with Crippen LogP contribution in [0.1, 0.15) is 34.7 Å². The lowest BCUT2D eigenvalue weighted by atomic mass is 10.0. The van der Waals surface area contributed by atoms with Crippen LogP contribution in [0.5, 0.6) is 5.75 Å². The molecule has 8 heteroatoms. The van der Waals surface area contributed by atoms with Gasteiger partial charge in [-0.2, -0.15) is 18.2 Å². The van der Waals surface area contributed by atoms with Gasteiger partial charge < -0.3 is 15.4 Å². The first-order valence-electron chi connectivity index (χ1n) is 9.53. The zero-order chi connectivity index (χ0) is 22.5. The van der Waals surface area contributed by atoms with Gasteiger partial charge in [-0.1, -0.05) is 25.1 Å². The van der Waals surface area contributed by atoms with Gasteiger partial charge >= 0.3 is 6.18 Å². The van der Waals surface area contributed by atoms with E-state index in [1.165, 1.54) is 17.7 Å². The van der Waals surface area contributed by atoms with Gasteiger partial charge in [-0.25, -0.2) is 0 Å². The number of aliphatic imine (C=N–C) groups is 1. The molecule has 0 amide bonds. The van der Waals surface area contributed by atoms with Crippen molar-refractivity contribution in [3.63, 3.8) is 0 Å². The fourth-order valence-corrected chi connectivity index (χ4v) is 3.02. The van der Waals surface area contributed by atoms with Gasteiger partial charge in [-0.15, -0.1) is 0 Å². The molecule has 0 saturated carbocycles. The Hall–Kier alpha value is -2.45. The summed E-state index contributed by atoms with van der Waals surface area (Å²) in [7, 11) is 2.07. The summed E-state index contributed by atoms with van der Waals surface area (Å²) < 4.78 is 44.3. The van der Waals surface area contributed by atoms with Crippen LogP contribution >= 0.6 is 12.2 Å². The van der Waals surface area contributed by atoms with Crippen LogP contribution in [0.4, 0.5) is 13.2 Å². The van der Waals surface area contributed by atoms with Gasteiger partial charge in [0.1, 0.15) is 11.6 Å². The molecular weight excluding hydrogens is 411 g/mol. The molecule has 0 saturated heterocycles. The van der Waals surface area contributed by atoms with Crippen molar-refractivity contribution >= 4 is 23.2 Å². The Kier molecular flexibility index (Phi) is 7.97. The Bertz CT molecular complexity index is 942. The van der Waals surface area contributed by atoms with Crippen molar-refractivity contribution in [2.75, 3.05) is 20.1 Å². The van der Waals surface area contributed by atoms with E-state index in [-0.39, 0.29) is 16.6 Å². The van der Waals surface area contributed by atoms with Crippen LogP contribution < -0.4 is 10.5 Å². The van der Waals surface area contributed by atoms with E-state index >= 15 is 0 Å². The number of aryl methyl sites for hydroxylation is 2. The Morgan fingerprint density at radius 1 is 1.17 bits per heavy atom. The molecule has 4 nitrogen and oxygen atoms in total. The number of thiocarbonyl (C=S) groups is 1. The smallest absolute Gasteiger partial charge is 0.416 e. The summed E-state index contributed by atoms with van der Waals surface area (Å²) in [5.41, 5.74) is 8.35. The van der Waals surface area contributed by atoms with Crippen molar-refractivity contribution in [2.45, 2.75) is 33.4 Å². The maximum Gasteiger partial charge on any atom is 0.416 e. The molecule has 30 heavy (non-hydrogen) atoms. The molecule has 2 aromatic rings. The van der Waals surface area contributed by atoms with E-state index in [4.69, 9.17) is 22.7 Å². The third-order valence-corrected chi connectivity index (χ3v) is 5.01. The standard InChI is InChI=1S/C22H26F3N3OS/c1-5-28(4)10-9-16-11-15(3)19(12-14(16)2)29-21(30)27-20(26)17-7-6-8-18(13-17)22(23,24)25/h6-8,11-13H,5,9-10H2,1-4H3,(H2,26,27,30).